The van der Waals surface area contributed by atoms with Crippen LogP contribution in [0.15, 0.2) is 24.3 Å². The Morgan fingerprint density at radius 3 is 2.58 bits per heavy atom. The van der Waals surface area contributed by atoms with Crippen molar-refractivity contribution < 1.29 is 14.6 Å². The fourth-order valence-corrected chi connectivity index (χ4v) is 2.04. The van der Waals surface area contributed by atoms with E-state index < -0.39 is 17.6 Å². The number of hydrogen-bond acceptors (Lipinski definition) is 3. The van der Waals surface area contributed by atoms with Crippen molar-refractivity contribution in [3.05, 3.63) is 29.8 Å². The normalized spacial score (nSPS) is 13.1. The predicted molar refractivity (Wildman–Crippen MR) is 75.6 cm³/mol. The van der Waals surface area contributed by atoms with E-state index in [0.717, 1.165) is 17.7 Å². The van der Waals surface area contributed by atoms with E-state index in [9.17, 15) is 4.79 Å². The van der Waals surface area contributed by atoms with Crippen LogP contribution < -0.4 is 10.1 Å². The first-order valence-electron chi connectivity index (χ1n) is 6.56. The zero-order valence-corrected chi connectivity index (χ0v) is 12.1. The summed E-state index contributed by atoms with van der Waals surface area (Å²) in [5.74, 6) is -0.0295. The lowest BCUT2D eigenvalue weighted by Crippen LogP contribution is -2.43. The number of nitrogens with one attached hydrogen (secondary N) is 1. The van der Waals surface area contributed by atoms with E-state index in [2.05, 4.69) is 12.2 Å². The van der Waals surface area contributed by atoms with Crippen LogP contribution in [0.5, 0.6) is 5.75 Å². The van der Waals surface area contributed by atoms with E-state index in [1.54, 1.807) is 7.05 Å². The second kappa shape index (κ2) is 6.57. The van der Waals surface area contributed by atoms with Gasteiger partial charge in [0.1, 0.15) is 17.4 Å². The average Bonchev–Trinajstić information content (AvgIpc) is 2.36. The molecule has 19 heavy (non-hydrogen) atoms. The smallest absolute Gasteiger partial charge is 0.320 e. The largest absolute Gasteiger partial charge is 0.488 e. The number of hydrogen-bond donors (Lipinski definition) is 2. The molecule has 0 aliphatic carbocycles. The maximum atomic E-state index is 11.1. The topological polar surface area (TPSA) is 58.6 Å². The van der Waals surface area contributed by atoms with Gasteiger partial charge in [-0.15, -0.1) is 0 Å². The van der Waals surface area contributed by atoms with Gasteiger partial charge in [-0.3, -0.25) is 4.79 Å². The van der Waals surface area contributed by atoms with Crippen LogP contribution in [0.4, 0.5) is 0 Å². The van der Waals surface area contributed by atoms with E-state index in [1.165, 1.54) is 0 Å². The van der Waals surface area contributed by atoms with Crippen LogP contribution in [0.1, 0.15) is 32.8 Å². The molecule has 4 heteroatoms. The Morgan fingerprint density at radius 1 is 1.42 bits per heavy atom. The third-order valence-corrected chi connectivity index (χ3v) is 3.08. The summed E-state index contributed by atoms with van der Waals surface area (Å²) >= 11 is 0. The molecule has 0 saturated carbocycles. The van der Waals surface area contributed by atoms with Gasteiger partial charge in [0, 0.05) is 6.42 Å². The third-order valence-electron chi connectivity index (χ3n) is 3.08. The van der Waals surface area contributed by atoms with Gasteiger partial charge in [0.2, 0.25) is 0 Å². The second-order valence-corrected chi connectivity index (χ2v) is 5.21. The zero-order chi connectivity index (χ0) is 14.5. The molecule has 0 spiro atoms. The number of carbonyl (C=O) groups is 1. The van der Waals surface area contributed by atoms with Crippen LogP contribution in [0.25, 0.3) is 0 Å². The summed E-state index contributed by atoms with van der Waals surface area (Å²) in [7, 11) is 1.65. The molecule has 0 fully saturated rings. The summed E-state index contributed by atoms with van der Waals surface area (Å²) in [6, 6.07) is 7.25. The van der Waals surface area contributed by atoms with Gasteiger partial charge in [-0.1, -0.05) is 25.1 Å². The van der Waals surface area contributed by atoms with Crippen molar-refractivity contribution in [1.29, 1.82) is 0 Å². The summed E-state index contributed by atoms with van der Waals surface area (Å²) in [5.41, 5.74) is 0.587. The number of ether oxygens (including phenoxy) is 1. The van der Waals surface area contributed by atoms with Crippen molar-refractivity contribution >= 4 is 5.97 Å². The predicted octanol–water partition coefficient (Wildman–Crippen LogP) is 2.47. The van der Waals surface area contributed by atoms with Gasteiger partial charge in [0.15, 0.2) is 0 Å². The van der Waals surface area contributed by atoms with Gasteiger partial charge in [-0.05, 0) is 38.9 Å². The molecule has 2 N–H and O–H groups in total. The molecule has 0 aromatic heterocycles. The summed E-state index contributed by atoms with van der Waals surface area (Å²) in [5, 5.41) is 11.9. The summed E-state index contributed by atoms with van der Waals surface area (Å²) in [6.07, 6.45) is 1.29. The molecule has 4 nitrogen and oxygen atoms in total. The molecule has 0 heterocycles. The summed E-state index contributed by atoms with van der Waals surface area (Å²) in [4.78, 5) is 11.1. The fraction of sp³-hybridized carbons (Fsp3) is 0.533. The number of para-hydroxylation sites is 1. The highest BCUT2D eigenvalue weighted by molar-refractivity contribution is 5.73. The Kier molecular flexibility index (Phi) is 5.36. The lowest BCUT2D eigenvalue weighted by Gasteiger charge is -2.30. The van der Waals surface area contributed by atoms with E-state index in [1.807, 2.05) is 38.1 Å². The molecular formula is C15H23NO3. The monoisotopic (exact) mass is 265 g/mol. The first-order valence-corrected chi connectivity index (χ1v) is 6.56. The highest BCUT2D eigenvalue weighted by Crippen LogP contribution is 2.26. The van der Waals surface area contributed by atoms with E-state index in [4.69, 9.17) is 9.84 Å². The molecule has 0 aliphatic rings. The van der Waals surface area contributed by atoms with Crippen LogP contribution in [0.3, 0.4) is 0 Å². The molecule has 0 radical (unpaired) electrons. The molecule has 0 bridgehead atoms. The minimum absolute atomic E-state index is 0.400. The van der Waals surface area contributed by atoms with Gasteiger partial charge in [-0.25, -0.2) is 0 Å². The zero-order valence-electron chi connectivity index (χ0n) is 12.1. The Balaban J connectivity index is 2.81. The summed E-state index contributed by atoms with van der Waals surface area (Å²) < 4.78 is 6.00. The number of aryl methyl sites for hydroxylation is 1. The van der Waals surface area contributed by atoms with Crippen LogP contribution in [0.2, 0.25) is 0 Å². The minimum atomic E-state index is -0.858. The molecule has 1 atom stereocenters. The second-order valence-electron chi connectivity index (χ2n) is 5.21. The van der Waals surface area contributed by atoms with Gasteiger partial charge >= 0.3 is 5.97 Å². The number of carboxylic acids is 1. The van der Waals surface area contributed by atoms with Crippen LogP contribution >= 0.6 is 0 Å². The van der Waals surface area contributed by atoms with Crippen molar-refractivity contribution in [3.63, 3.8) is 0 Å². The lowest BCUT2D eigenvalue weighted by molar-refractivity contribution is -0.140. The molecule has 0 saturated heterocycles. The van der Waals surface area contributed by atoms with E-state index in [-0.39, 0.29) is 0 Å². The molecule has 1 rings (SSSR count). The van der Waals surface area contributed by atoms with Gasteiger partial charge < -0.3 is 15.2 Å². The maximum Gasteiger partial charge on any atom is 0.320 e. The quantitative estimate of drug-likeness (QED) is 0.795. The van der Waals surface area contributed by atoms with Gasteiger partial charge in [0.05, 0.1) is 0 Å². The van der Waals surface area contributed by atoms with Crippen molar-refractivity contribution in [2.45, 2.75) is 45.3 Å². The fourth-order valence-electron chi connectivity index (χ4n) is 2.04. The lowest BCUT2D eigenvalue weighted by atomic mass is 9.98. The van der Waals surface area contributed by atoms with Crippen LogP contribution in [0, 0.1) is 0 Å². The molecule has 0 aliphatic heterocycles. The van der Waals surface area contributed by atoms with Crippen molar-refractivity contribution in [3.8, 4) is 5.75 Å². The summed E-state index contributed by atoms with van der Waals surface area (Å²) in [6.45, 7) is 5.89. The van der Waals surface area contributed by atoms with Gasteiger partial charge in [-0.2, -0.15) is 0 Å². The number of likely N-dealkylation sites (N-methyl/N-ethyl adjacent to an activating group) is 1. The Hall–Kier alpha value is -1.55. The highest BCUT2D eigenvalue weighted by Gasteiger charge is 2.28. The number of carboxylic acid groups (broad SMARTS) is 1. The van der Waals surface area contributed by atoms with E-state index >= 15 is 0 Å². The Morgan fingerprint density at radius 2 is 2.05 bits per heavy atom. The van der Waals surface area contributed by atoms with Crippen LogP contribution in [-0.4, -0.2) is 29.8 Å². The number of rotatable bonds is 7. The van der Waals surface area contributed by atoms with Crippen molar-refractivity contribution in [2.24, 2.45) is 0 Å². The maximum absolute atomic E-state index is 11.1. The minimum Gasteiger partial charge on any atom is -0.488 e. The highest BCUT2D eigenvalue weighted by atomic mass is 16.5. The molecule has 1 unspecified atom stereocenters. The first kappa shape index (κ1) is 15.5. The van der Waals surface area contributed by atoms with E-state index in [0.29, 0.717) is 6.42 Å². The van der Waals surface area contributed by atoms with Gasteiger partial charge in [0.25, 0.3) is 0 Å². The van der Waals surface area contributed by atoms with Crippen molar-refractivity contribution in [2.75, 3.05) is 7.05 Å². The average molecular weight is 265 g/mol. The van der Waals surface area contributed by atoms with Crippen LogP contribution in [-0.2, 0) is 11.2 Å². The molecular weight excluding hydrogens is 242 g/mol. The molecule has 0 amide bonds. The SMILES string of the molecule is CCc1ccccc1OC(C)(C)CC(NC)C(=O)O. The number of benzene rings is 1. The Bertz CT molecular complexity index is 429. The van der Waals surface area contributed by atoms with Crippen molar-refractivity contribution in [1.82, 2.24) is 5.32 Å². The standard InChI is InChI=1S/C15H23NO3/c1-5-11-8-6-7-9-13(11)19-15(2,3)10-12(16-4)14(17)18/h6-9,12,16H,5,10H2,1-4H3,(H,17,18). The Labute approximate surface area is 114 Å². The number of aliphatic carboxylic acids is 1. The molecule has 1 aromatic rings. The molecule has 106 valence electrons. The molecule has 1 aromatic carbocycles. The third kappa shape index (κ3) is 4.56. The first-order chi connectivity index (χ1) is 8.89.